The number of aromatic nitrogens is 2. The van der Waals surface area contributed by atoms with Gasteiger partial charge in [0.1, 0.15) is 6.10 Å². The number of rotatable bonds is 1. The molecule has 0 saturated carbocycles. The van der Waals surface area contributed by atoms with Crippen LogP contribution in [-0.4, -0.2) is 48.7 Å². The molecule has 120 valence electrons. The van der Waals surface area contributed by atoms with Gasteiger partial charge in [-0.25, -0.2) is 9.97 Å². The molecule has 0 spiro atoms. The summed E-state index contributed by atoms with van der Waals surface area (Å²) in [6.45, 7) is 2.18. The number of nitrogens with zero attached hydrogens (tertiary/aromatic N) is 4. The van der Waals surface area contributed by atoms with Crippen LogP contribution in [0.25, 0.3) is 11.0 Å². The van der Waals surface area contributed by atoms with Gasteiger partial charge < -0.3 is 9.64 Å². The summed E-state index contributed by atoms with van der Waals surface area (Å²) in [4.78, 5) is 26.2. The van der Waals surface area contributed by atoms with Gasteiger partial charge in [-0.3, -0.25) is 9.69 Å². The molecule has 2 aliphatic heterocycles. The monoisotopic (exact) mass is 312 g/mol. The van der Waals surface area contributed by atoms with Crippen LogP contribution in [0, 0.1) is 0 Å². The first kappa shape index (κ1) is 14.4. The Balaban J connectivity index is 1.81. The molecular weight excluding hydrogens is 292 g/mol. The number of anilines is 2. The zero-order valence-corrected chi connectivity index (χ0v) is 13.2. The Morgan fingerprint density at radius 2 is 1.87 bits per heavy atom. The average Bonchev–Trinajstić information content (AvgIpc) is 3.06. The van der Waals surface area contributed by atoms with Crippen LogP contribution < -0.4 is 9.80 Å². The van der Waals surface area contributed by atoms with Gasteiger partial charge in [0.15, 0.2) is 11.6 Å². The Hall–Kier alpha value is -2.21. The second-order valence-corrected chi connectivity index (χ2v) is 6.13. The molecule has 6 nitrogen and oxygen atoms in total. The summed E-state index contributed by atoms with van der Waals surface area (Å²) < 4.78 is 5.59. The lowest BCUT2D eigenvalue weighted by atomic mass is 10.2. The van der Waals surface area contributed by atoms with Gasteiger partial charge in [-0.05, 0) is 31.4 Å². The molecule has 1 fully saturated rings. The van der Waals surface area contributed by atoms with Gasteiger partial charge in [-0.15, -0.1) is 0 Å². The largest absolute Gasteiger partial charge is 0.368 e. The number of para-hydroxylation sites is 2. The minimum atomic E-state index is -0.334. The third-order valence-electron chi connectivity index (χ3n) is 4.50. The van der Waals surface area contributed by atoms with E-state index in [9.17, 15) is 4.79 Å². The van der Waals surface area contributed by atoms with Gasteiger partial charge in [-0.1, -0.05) is 12.1 Å². The van der Waals surface area contributed by atoms with Crippen LogP contribution in [0.2, 0.25) is 0 Å². The molecule has 0 bridgehead atoms. The zero-order valence-electron chi connectivity index (χ0n) is 13.2. The van der Waals surface area contributed by atoms with Gasteiger partial charge in [0.05, 0.1) is 11.0 Å². The molecule has 1 atom stereocenters. The number of carbonyl (C=O) groups is 1. The van der Waals surface area contributed by atoms with Gasteiger partial charge in [0, 0.05) is 26.7 Å². The van der Waals surface area contributed by atoms with Crippen LogP contribution in [0.1, 0.15) is 19.3 Å². The molecule has 0 aliphatic carbocycles. The van der Waals surface area contributed by atoms with Crippen molar-refractivity contribution >= 4 is 28.6 Å². The summed E-state index contributed by atoms with van der Waals surface area (Å²) in [5, 5.41) is 0. The molecule has 1 saturated heterocycles. The highest BCUT2D eigenvalue weighted by Crippen LogP contribution is 2.31. The predicted octanol–water partition coefficient (Wildman–Crippen LogP) is 1.98. The van der Waals surface area contributed by atoms with Gasteiger partial charge in [0.25, 0.3) is 5.91 Å². The van der Waals surface area contributed by atoms with Crippen molar-refractivity contribution in [3.8, 4) is 0 Å². The lowest BCUT2D eigenvalue weighted by Crippen LogP contribution is -2.40. The van der Waals surface area contributed by atoms with E-state index in [0.717, 1.165) is 42.7 Å². The van der Waals surface area contributed by atoms with Crippen molar-refractivity contribution in [3.05, 3.63) is 24.3 Å². The first-order chi connectivity index (χ1) is 11.2. The predicted molar refractivity (Wildman–Crippen MR) is 88.8 cm³/mol. The number of hydrogen-bond acceptors (Lipinski definition) is 5. The van der Waals surface area contributed by atoms with E-state index in [1.165, 1.54) is 0 Å². The molecule has 2 aliphatic rings. The third-order valence-corrected chi connectivity index (χ3v) is 4.50. The van der Waals surface area contributed by atoms with Crippen molar-refractivity contribution < 1.29 is 9.53 Å². The van der Waals surface area contributed by atoms with E-state index in [1.807, 2.05) is 31.3 Å². The Morgan fingerprint density at radius 3 is 2.57 bits per heavy atom. The molecule has 0 radical (unpaired) electrons. The Kier molecular flexibility index (Phi) is 3.61. The summed E-state index contributed by atoms with van der Waals surface area (Å²) >= 11 is 0. The van der Waals surface area contributed by atoms with Crippen molar-refractivity contribution in [2.45, 2.75) is 25.4 Å². The van der Waals surface area contributed by atoms with Crippen LogP contribution in [0.5, 0.6) is 0 Å². The highest BCUT2D eigenvalue weighted by Gasteiger charge is 2.33. The zero-order chi connectivity index (χ0) is 15.8. The van der Waals surface area contributed by atoms with Gasteiger partial charge in [0.2, 0.25) is 0 Å². The number of fused-ring (bicyclic) bond motifs is 2. The Bertz CT molecular complexity index is 742. The fourth-order valence-electron chi connectivity index (χ4n) is 3.26. The maximum Gasteiger partial charge on any atom is 0.257 e. The molecule has 1 amide bonds. The molecule has 1 aromatic heterocycles. The fourth-order valence-corrected chi connectivity index (χ4v) is 3.26. The Labute approximate surface area is 135 Å². The van der Waals surface area contributed by atoms with Crippen LogP contribution in [0.4, 0.5) is 11.6 Å². The molecule has 0 unspecified atom stereocenters. The quantitative estimate of drug-likeness (QED) is 0.806. The van der Waals surface area contributed by atoms with E-state index in [1.54, 1.807) is 4.90 Å². The van der Waals surface area contributed by atoms with E-state index in [-0.39, 0.29) is 12.0 Å². The summed E-state index contributed by atoms with van der Waals surface area (Å²) in [6.07, 6.45) is 2.30. The lowest BCUT2D eigenvalue weighted by Gasteiger charge is -2.24. The smallest absolute Gasteiger partial charge is 0.257 e. The normalized spacial score (nSPS) is 21.3. The number of benzene rings is 1. The number of carbonyl (C=O) groups excluding carboxylic acids is 1. The van der Waals surface area contributed by atoms with Gasteiger partial charge in [-0.2, -0.15) is 0 Å². The maximum absolute atomic E-state index is 12.9. The summed E-state index contributed by atoms with van der Waals surface area (Å²) in [5.41, 5.74) is 1.66. The van der Waals surface area contributed by atoms with Crippen LogP contribution in [0.15, 0.2) is 24.3 Å². The second-order valence-electron chi connectivity index (χ2n) is 6.13. The molecule has 2 aromatic rings. The van der Waals surface area contributed by atoms with E-state index in [2.05, 4.69) is 4.90 Å². The Morgan fingerprint density at radius 1 is 1.13 bits per heavy atom. The van der Waals surface area contributed by atoms with E-state index in [0.29, 0.717) is 19.0 Å². The highest BCUT2D eigenvalue weighted by atomic mass is 16.5. The van der Waals surface area contributed by atoms with Crippen molar-refractivity contribution in [1.82, 2.24) is 9.97 Å². The molecule has 1 aromatic carbocycles. The topological polar surface area (TPSA) is 58.6 Å². The molecular formula is C17H20N4O2. The van der Waals surface area contributed by atoms with Crippen molar-refractivity contribution in [1.29, 1.82) is 0 Å². The minimum Gasteiger partial charge on any atom is -0.368 e. The molecule has 3 heterocycles. The van der Waals surface area contributed by atoms with Crippen LogP contribution in [-0.2, 0) is 9.53 Å². The summed E-state index contributed by atoms with van der Waals surface area (Å²) in [6, 6.07) is 7.78. The number of hydrogen-bond donors (Lipinski definition) is 0. The average molecular weight is 312 g/mol. The molecule has 0 N–H and O–H groups in total. The minimum absolute atomic E-state index is 0.0173. The number of amides is 1. The van der Waals surface area contributed by atoms with Gasteiger partial charge >= 0.3 is 0 Å². The SMILES string of the molecule is CN1CCCN(C(=O)[C@@H]2CCCO2)c2nc3ccccc3nc21. The van der Waals surface area contributed by atoms with E-state index >= 15 is 0 Å². The summed E-state index contributed by atoms with van der Waals surface area (Å²) in [5.74, 6) is 1.44. The molecule has 6 heteroatoms. The lowest BCUT2D eigenvalue weighted by molar-refractivity contribution is -0.127. The summed E-state index contributed by atoms with van der Waals surface area (Å²) in [7, 11) is 2.00. The number of ether oxygens (including phenoxy) is 1. The third kappa shape index (κ3) is 2.53. The van der Waals surface area contributed by atoms with Crippen molar-refractivity contribution in [3.63, 3.8) is 0 Å². The fraction of sp³-hybridized carbons (Fsp3) is 0.471. The van der Waals surface area contributed by atoms with Crippen LogP contribution >= 0.6 is 0 Å². The second kappa shape index (κ2) is 5.77. The first-order valence-electron chi connectivity index (χ1n) is 8.15. The first-order valence-corrected chi connectivity index (χ1v) is 8.15. The van der Waals surface area contributed by atoms with Crippen molar-refractivity contribution in [2.24, 2.45) is 0 Å². The molecule has 4 rings (SSSR count). The highest BCUT2D eigenvalue weighted by molar-refractivity contribution is 5.99. The molecule has 23 heavy (non-hydrogen) atoms. The van der Waals surface area contributed by atoms with Crippen LogP contribution in [0.3, 0.4) is 0 Å². The van der Waals surface area contributed by atoms with Crippen molar-refractivity contribution in [2.75, 3.05) is 36.5 Å². The maximum atomic E-state index is 12.9. The van der Waals surface area contributed by atoms with E-state index in [4.69, 9.17) is 14.7 Å². The van der Waals surface area contributed by atoms with E-state index < -0.39 is 0 Å². The standard InChI is InChI=1S/C17H20N4O2/c1-20-9-5-10-21(17(22)14-8-4-11-23-14)16-15(20)18-12-6-2-3-7-13(12)19-16/h2-3,6-7,14H,4-5,8-11H2,1H3/t14-/m0/s1.